The summed E-state index contributed by atoms with van der Waals surface area (Å²) >= 11 is 0. The molecule has 0 radical (unpaired) electrons. The second-order valence-corrected chi connectivity index (χ2v) is 5.67. The Morgan fingerprint density at radius 2 is 1.73 bits per heavy atom. The quantitative estimate of drug-likeness (QED) is 0.696. The summed E-state index contributed by atoms with van der Waals surface area (Å²) in [5, 5.41) is 5.65. The number of benzene rings is 2. The fraction of sp³-hybridized carbons (Fsp3) is 0.100. The fourth-order valence-corrected chi connectivity index (χ4v) is 2.38. The van der Waals surface area contributed by atoms with Crippen molar-refractivity contribution in [3.05, 3.63) is 89.6 Å². The van der Waals surface area contributed by atoms with Crippen LogP contribution < -0.4 is 10.6 Å². The van der Waals surface area contributed by atoms with Gasteiger partial charge in [0.2, 0.25) is 0 Å². The van der Waals surface area contributed by atoms with Crippen molar-refractivity contribution in [2.45, 2.75) is 6.42 Å². The van der Waals surface area contributed by atoms with E-state index >= 15 is 0 Å². The number of hydrogen-bond acceptors (Lipinski definition) is 3. The molecule has 26 heavy (non-hydrogen) atoms. The zero-order chi connectivity index (χ0) is 18.4. The van der Waals surface area contributed by atoms with Crippen molar-refractivity contribution >= 4 is 17.4 Å². The van der Waals surface area contributed by atoms with Gasteiger partial charge < -0.3 is 10.6 Å². The monoisotopic (exact) mass is 353 g/mol. The van der Waals surface area contributed by atoms with Crippen molar-refractivity contribution in [1.82, 2.24) is 4.98 Å². The first-order valence-corrected chi connectivity index (χ1v) is 8.12. The minimum absolute atomic E-state index is 0.124. The molecule has 6 heteroatoms. The van der Waals surface area contributed by atoms with Crippen LogP contribution in [0.25, 0.3) is 0 Å². The van der Waals surface area contributed by atoms with Crippen LogP contribution in [0, 0.1) is 11.6 Å². The Balaban J connectivity index is 1.53. The lowest BCUT2D eigenvalue weighted by Gasteiger charge is -2.08. The van der Waals surface area contributed by atoms with Gasteiger partial charge in [-0.05, 0) is 48.4 Å². The molecule has 3 rings (SSSR count). The first-order chi connectivity index (χ1) is 12.6. The normalized spacial score (nSPS) is 10.4. The summed E-state index contributed by atoms with van der Waals surface area (Å²) in [5.74, 6) is -0.560. The lowest BCUT2D eigenvalue weighted by atomic mass is 10.1. The third-order valence-corrected chi connectivity index (χ3v) is 3.78. The number of aromatic nitrogens is 1. The van der Waals surface area contributed by atoms with Crippen LogP contribution in [0.1, 0.15) is 15.9 Å². The van der Waals surface area contributed by atoms with Crippen LogP contribution >= 0.6 is 0 Å². The lowest BCUT2D eigenvalue weighted by molar-refractivity contribution is 0.102. The summed E-state index contributed by atoms with van der Waals surface area (Å²) in [7, 11) is 0. The number of nitrogens with zero attached hydrogens (tertiary/aromatic N) is 1. The topological polar surface area (TPSA) is 54.0 Å². The Hall–Kier alpha value is -3.28. The van der Waals surface area contributed by atoms with Crippen LogP contribution in [0.5, 0.6) is 0 Å². The molecule has 1 heterocycles. The number of carbonyl (C=O) groups excluding carboxylic acids is 1. The summed E-state index contributed by atoms with van der Waals surface area (Å²) in [6, 6.07) is 15.6. The molecule has 0 unspecified atom stereocenters. The minimum atomic E-state index is -0.493. The first kappa shape index (κ1) is 17.5. The Kier molecular flexibility index (Phi) is 5.53. The number of anilines is 2. The largest absolute Gasteiger partial charge is 0.370 e. The van der Waals surface area contributed by atoms with Gasteiger partial charge in [0.25, 0.3) is 5.91 Å². The predicted octanol–water partition coefficient (Wildman–Crippen LogP) is 4.27. The molecule has 0 bridgehead atoms. The maximum atomic E-state index is 13.6. The minimum Gasteiger partial charge on any atom is -0.370 e. The van der Waals surface area contributed by atoms with Gasteiger partial charge in [-0.1, -0.05) is 24.3 Å². The van der Waals surface area contributed by atoms with E-state index in [2.05, 4.69) is 15.6 Å². The van der Waals surface area contributed by atoms with Gasteiger partial charge in [0.05, 0.1) is 11.3 Å². The molecule has 0 atom stereocenters. The van der Waals surface area contributed by atoms with Gasteiger partial charge >= 0.3 is 0 Å². The van der Waals surface area contributed by atoms with Crippen molar-refractivity contribution < 1.29 is 13.6 Å². The average molecular weight is 353 g/mol. The maximum Gasteiger partial charge on any atom is 0.257 e. The van der Waals surface area contributed by atoms with Crippen molar-refractivity contribution in [3.63, 3.8) is 0 Å². The van der Waals surface area contributed by atoms with Gasteiger partial charge in [-0.3, -0.25) is 4.79 Å². The predicted molar refractivity (Wildman–Crippen MR) is 97.2 cm³/mol. The molecule has 2 aromatic carbocycles. The van der Waals surface area contributed by atoms with E-state index in [-0.39, 0.29) is 11.5 Å². The Morgan fingerprint density at radius 1 is 0.962 bits per heavy atom. The number of nitrogens with one attached hydrogen (secondary N) is 2. The van der Waals surface area contributed by atoms with E-state index in [1.165, 1.54) is 30.5 Å². The molecule has 0 saturated heterocycles. The second kappa shape index (κ2) is 8.20. The summed E-state index contributed by atoms with van der Waals surface area (Å²) in [6.07, 6.45) is 2.15. The van der Waals surface area contributed by atoms with Gasteiger partial charge in [-0.15, -0.1) is 0 Å². The molecule has 0 aliphatic carbocycles. The van der Waals surface area contributed by atoms with Crippen LogP contribution in [0.2, 0.25) is 0 Å². The summed E-state index contributed by atoms with van der Waals surface area (Å²) in [6.45, 7) is 0.624. The number of amides is 1. The number of pyridine rings is 1. The highest BCUT2D eigenvalue weighted by Gasteiger charge is 2.09. The third-order valence-electron chi connectivity index (χ3n) is 3.78. The fourth-order valence-electron chi connectivity index (χ4n) is 2.38. The van der Waals surface area contributed by atoms with E-state index in [0.717, 1.165) is 12.0 Å². The molecule has 0 fully saturated rings. The molecule has 0 saturated carbocycles. The number of rotatable bonds is 6. The molecular weight excluding hydrogens is 336 g/mol. The zero-order valence-electron chi connectivity index (χ0n) is 13.9. The van der Waals surface area contributed by atoms with Crippen LogP contribution in [0.4, 0.5) is 20.3 Å². The van der Waals surface area contributed by atoms with Crippen LogP contribution in [-0.2, 0) is 6.42 Å². The molecule has 3 aromatic rings. The van der Waals surface area contributed by atoms with Crippen molar-refractivity contribution in [2.75, 3.05) is 17.2 Å². The van der Waals surface area contributed by atoms with Crippen LogP contribution in [-0.4, -0.2) is 17.4 Å². The molecule has 0 spiro atoms. The number of carbonyl (C=O) groups is 1. The van der Waals surface area contributed by atoms with E-state index < -0.39 is 11.7 Å². The van der Waals surface area contributed by atoms with Gasteiger partial charge in [0.1, 0.15) is 17.5 Å². The lowest BCUT2D eigenvalue weighted by Crippen LogP contribution is -2.13. The standard InChI is InChI=1S/C20H17F2N3O/c21-16-8-5-14(6-9-16)11-12-23-19-10-7-15(13-24-19)20(26)25-18-4-2-1-3-17(18)22/h1-10,13H,11-12H2,(H,23,24)(H,25,26). The Labute approximate surface area is 149 Å². The second-order valence-electron chi connectivity index (χ2n) is 5.67. The maximum absolute atomic E-state index is 13.6. The van der Waals surface area contributed by atoms with Crippen molar-refractivity contribution in [3.8, 4) is 0 Å². The molecule has 132 valence electrons. The van der Waals surface area contributed by atoms with Crippen LogP contribution in [0.3, 0.4) is 0 Å². The van der Waals surface area contributed by atoms with Gasteiger partial charge in [-0.2, -0.15) is 0 Å². The van der Waals surface area contributed by atoms with Gasteiger partial charge in [0.15, 0.2) is 0 Å². The molecule has 1 aromatic heterocycles. The Bertz CT molecular complexity index is 880. The van der Waals surface area contributed by atoms with E-state index in [1.807, 2.05) is 0 Å². The van der Waals surface area contributed by atoms with Gasteiger partial charge in [0, 0.05) is 12.7 Å². The SMILES string of the molecule is O=C(Nc1ccccc1F)c1ccc(NCCc2ccc(F)cc2)nc1. The molecule has 0 aliphatic rings. The highest BCUT2D eigenvalue weighted by molar-refractivity contribution is 6.04. The molecule has 0 aliphatic heterocycles. The number of hydrogen-bond donors (Lipinski definition) is 2. The van der Waals surface area contributed by atoms with E-state index in [4.69, 9.17) is 0 Å². The van der Waals surface area contributed by atoms with Crippen LogP contribution in [0.15, 0.2) is 66.9 Å². The summed E-state index contributed by atoms with van der Waals surface area (Å²) in [5.41, 5.74) is 1.47. The van der Waals surface area contributed by atoms with E-state index in [1.54, 1.807) is 36.4 Å². The molecule has 1 amide bonds. The Morgan fingerprint density at radius 3 is 2.42 bits per heavy atom. The first-order valence-electron chi connectivity index (χ1n) is 8.12. The van der Waals surface area contributed by atoms with Crippen molar-refractivity contribution in [1.29, 1.82) is 0 Å². The highest BCUT2D eigenvalue weighted by atomic mass is 19.1. The molecule has 4 nitrogen and oxygen atoms in total. The smallest absolute Gasteiger partial charge is 0.257 e. The zero-order valence-corrected chi connectivity index (χ0v) is 13.9. The van der Waals surface area contributed by atoms with Gasteiger partial charge in [-0.25, -0.2) is 13.8 Å². The molecule has 2 N–H and O–H groups in total. The average Bonchev–Trinajstić information content (AvgIpc) is 2.66. The summed E-state index contributed by atoms with van der Waals surface area (Å²) < 4.78 is 26.4. The van der Waals surface area contributed by atoms with E-state index in [0.29, 0.717) is 17.9 Å². The summed E-state index contributed by atoms with van der Waals surface area (Å²) in [4.78, 5) is 16.3. The van der Waals surface area contributed by atoms with Crippen molar-refractivity contribution in [2.24, 2.45) is 0 Å². The van der Waals surface area contributed by atoms with E-state index in [9.17, 15) is 13.6 Å². The highest BCUT2D eigenvalue weighted by Crippen LogP contribution is 2.14. The number of para-hydroxylation sites is 1. The number of halogens is 2. The molecular formula is C20H17F2N3O. The third kappa shape index (κ3) is 4.63.